The first-order chi connectivity index (χ1) is 13.6. The zero-order valence-electron chi connectivity index (χ0n) is 14.5. The van der Waals surface area contributed by atoms with Crippen LogP contribution in [0.4, 0.5) is 13.2 Å². The molecule has 0 fully saturated rings. The summed E-state index contributed by atoms with van der Waals surface area (Å²) in [7, 11) is -4.19. The van der Waals surface area contributed by atoms with Gasteiger partial charge in [0.2, 0.25) is 5.76 Å². The lowest BCUT2D eigenvalue weighted by Crippen LogP contribution is -2.34. The van der Waals surface area contributed by atoms with Crippen molar-refractivity contribution in [2.45, 2.75) is 5.51 Å². The highest BCUT2D eigenvalue weighted by atomic mass is 32.2. The SMILES string of the molecule is Cn1c(-c2ccco2)n[n+](-c2ccco2)c1-c1ccco1.O=S(=O)([O-])C(F)(F)F. The Labute approximate surface area is 161 Å². The molecule has 4 aromatic rings. The van der Waals surface area contributed by atoms with Crippen LogP contribution in [0.15, 0.2) is 68.4 Å². The molecule has 0 N–H and O–H groups in total. The van der Waals surface area contributed by atoms with Gasteiger partial charge in [-0.3, -0.25) is 0 Å². The van der Waals surface area contributed by atoms with Crippen LogP contribution < -0.4 is 4.68 Å². The molecule has 0 aliphatic rings. The maximum atomic E-state index is 10.7. The maximum absolute atomic E-state index is 10.7. The lowest BCUT2D eigenvalue weighted by Gasteiger charge is -2.08. The van der Waals surface area contributed by atoms with Crippen LogP contribution >= 0.6 is 0 Å². The first-order valence-corrected chi connectivity index (χ1v) is 9.13. The second-order valence-corrected chi connectivity index (χ2v) is 6.79. The van der Waals surface area contributed by atoms with Crippen molar-refractivity contribution < 1.29 is 44.1 Å². The van der Waals surface area contributed by atoms with E-state index in [1.54, 1.807) is 23.5 Å². The van der Waals surface area contributed by atoms with Gasteiger partial charge in [0.15, 0.2) is 15.9 Å². The minimum absolute atomic E-state index is 0.606. The molecule has 0 aliphatic carbocycles. The average Bonchev–Trinajstić information content (AvgIpc) is 3.41. The number of hydrogen-bond acceptors (Lipinski definition) is 7. The van der Waals surface area contributed by atoms with Gasteiger partial charge in [0.1, 0.15) is 0 Å². The van der Waals surface area contributed by atoms with E-state index in [0.717, 1.165) is 5.82 Å². The Morgan fingerprint density at radius 2 is 1.52 bits per heavy atom. The molecule has 0 atom stereocenters. The molecule has 29 heavy (non-hydrogen) atoms. The molecule has 4 rings (SSSR count). The molecule has 0 amide bonds. The Bertz CT molecular complexity index is 1160. The summed E-state index contributed by atoms with van der Waals surface area (Å²) in [5.41, 5.74) is -5.65. The summed E-state index contributed by atoms with van der Waals surface area (Å²) in [5, 5.41) is 4.58. The smallest absolute Gasteiger partial charge is 0.485 e. The van der Waals surface area contributed by atoms with Gasteiger partial charge in [-0.1, -0.05) is 4.68 Å². The Kier molecular flexibility index (Phi) is 5.35. The number of alkyl halides is 3. The Balaban J connectivity index is 0.000000258. The highest BCUT2D eigenvalue weighted by Crippen LogP contribution is 2.24. The van der Waals surface area contributed by atoms with Crippen molar-refractivity contribution in [1.29, 1.82) is 0 Å². The third-order valence-corrected chi connectivity index (χ3v) is 4.08. The van der Waals surface area contributed by atoms with Gasteiger partial charge in [0, 0.05) is 6.07 Å². The fraction of sp³-hybridized carbons (Fsp3) is 0.125. The van der Waals surface area contributed by atoms with Crippen molar-refractivity contribution in [2.75, 3.05) is 0 Å². The molecule has 0 unspecified atom stereocenters. The molecule has 0 saturated heterocycles. The van der Waals surface area contributed by atoms with E-state index < -0.39 is 15.6 Å². The highest BCUT2D eigenvalue weighted by Gasteiger charge is 2.37. The van der Waals surface area contributed by atoms with Crippen LogP contribution in [0, 0.1) is 0 Å². The van der Waals surface area contributed by atoms with E-state index in [1.165, 1.54) is 0 Å². The Hall–Kier alpha value is -3.32. The highest BCUT2D eigenvalue weighted by molar-refractivity contribution is 7.86. The largest absolute Gasteiger partial charge is 0.741 e. The Morgan fingerprint density at radius 1 is 1.00 bits per heavy atom. The first kappa shape index (κ1) is 20.4. The van der Waals surface area contributed by atoms with Crippen molar-refractivity contribution in [2.24, 2.45) is 7.05 Å². The summed E-state index contributed by atoms with van der Waals surface area (Å²) >= 11 is 0. The fourth-order valence-electron chi connectivity index (χ4n) is 2.29. The van der Waals surface area contributed by atoms with Crippen LogP contribution in [0.5, 0.6) is 0 Å². The van der Waals surface area contributed by atoms with E-state index in [9.17, 15) is 13.2 Å². The number of halogens is 3. The minimum atomic E-state index is -6.09. The normalized spacial score (nSPS) is 11.9. The van der Waals surface area contributed by atoms with Crippen LogP contribution in [-0.4, -0.2) is 28.1 Å². The molecule has 13 heteroatoms. The molecule has 9 nitrogen and oxygen atoms in total. The quantitative estimate of drug-likeness (QED) is 0.278. The van der Waals surface area contributed by atoms with Crippen LogP contribution in [0.1, 0.15) is 0 Å². The van der Waals surface area contributed by atoms with Crippen molar-refractivity contribution in [3.63, 3.8) is 0 Å². The van der Waals surface area contributed by atoms with E-state index >= 15 is 0 Å². The molecule has 0 spiro atoms. The van der Waals surface area contributed by atoms with Gasteiger partial charge >= 0.3 is 23.0 Å². The number of nitrogens with zero attached hydrogens (tertiary/aromatic N) is 3. The Morgan fingerprint density at radius 3 is 1.97 bits per heavy atom. The molecule has 0 radical (unpaired) electrons. The summed E-state index contributed by atoms with van der Waals surface area (Å²) < 4.78 is 78.9. The molecule has 0 bridgehead atoms. The topological polar surface area (TPSA) is 118 Å². The molecular formula is C16H12F3N3O6S. The van der Waals surface area contributed by atoms with E-state index in [1.807, 2.05) is 48.0 Å². The predicted octanol–water partition coefficient (Wildman–Crippen LogP) is 2.86. The lowest BCUT2D eigenvalue weighted by molar-refractivity contribution is -0.658. The number of hydrogen-bond donors (Lipinski definition) is 0. The van der Waals surface area contributed by atoms with Gasteiger partial charge in [0.05, 0.1) is 25.8 Å². The number of aromatic nitrogens is 3. The van der Waals surface area contributed by atoms with Crippen molar-refractivity contribution in [1.82, 2.24) is 9.67 Å². The standard InChI is InChI=1S/C15H12N3O3.CHF3O3S/c1-17-14(11-5-2-8-19-11)16-18(13-7-4-10-21-13)15(17)12-6-3-9-20-12;2-1(3,4)8(5,6)7/h2-10H,1H3;(H,5,6,7)/q+1;/p-1. The lowest BCUT2D eigenvalue weighted by atomic mass is 10.4. The summed E-state index contributed by atoms with van der Waals surface area (Å²) in [5.74, 6) is 3.42. The van der Waals surface area contributed by atoms with E-state index in [2.05, 4.69) is 5.10 Å². The molecule has 4 aromatic heterocycles. The van der Waals surface area contributed by atoms with Crippen LogP contribution in [0.25, 0.3) is 29.1 Å². The van der Waals surface area contributed by atoms with Gasteiger partial charge in [0.25, 0.3) is 0 Å². The molecule has 154 valence electrons. The molecule has 0 saturated carbocycles. The zero-order chi connectivity index (χ0) is 21.2. The van der Waals surface area contributed by atoms with Crippen LogP contribution in [0.3, 0.4) is 0 Å². The van der Waals surface area contributed by atoms with Crippen molar-refractivity contribution in [3.05, 3.63) is 55.2 Å². The van der Waals surface area contributed by atoms with E-state index in [4.69, 9.17) is 26.2 Å². The minimum Gasteiger partial charge on any atom is -0.741 e. The van der Waals surface area contributed by atoms with E-state index in [-0.39, 0.29) is 0 Å². The third-order valence-electron chi connectivity index (χ3n) is 3.51. The second kappa shape index (κ2) is 7.60. The monoisotopic (exact) mass is 431 g/mol. The fourth-order valence-corrected chi connectivity index (χ4v) is 2.29. The summed E-state index contributed by atoms with van der Waals surface area (Å²) in [4.78, 5) is 0. The molecule has 0 aromatic carbocycles. The van der Waals surface area contributed by atoms with Crippen molar-refractivity contribution >= 4 is 10.1 Å². The molecule has 4 heterocycles. The second-order valence-electron chi connectivity index (χ2n) is 5.42. The number of furan rings is 3. The maximum Gasteiger partial charge on any atom is 0.485 e. The van der Waals surface area contributed by atoms with Gasteiger partial charge in [-0.2, -0.15) is 13.2 Å². The van der Waals surface area contributed by atoms with Gasteiger partial charge in [-0.25, -0.2) is 13.0 Å². The van der Waals surface area contributed by atoms with Gasteiger partial charge in [-0.05, 0) is 35.4 Å². The summed E-state index contributed by atoms with van der Waals surface area (Å²) in [6.45, 7) is 0. The van der Waals surface area contributed by atoms with Crippen molar-refractivity contribution in [3.8, 4) is 29.1 Å². The van der Waals surface area contributed by atoms with Crippen LogP contribution in [0.2, 0.25) is 0 Å². The van der Waals surface area contributed by atoms with Gasteiger partial charge in [-0.15, -0.1) is 0 Å². The molecule has 0 aliphatic heterocycles. The average molecular weight is 431 g/mol. The third kappa shape index (κ3) is 4.25. The number of rotatable bonds is 3. The van der Waals surface area contributed by atoms with Gasteiger partial charge < -0.3 is 17.8 Å². The summed E-state index contributed by atoms with van der Waals surface area (Å²) in [6, 6.07) is 11.1. The van der Waals surface area contributed by atoms with E-state index in [0.29, 0.717) is 23.2 Å². The molecular weight excluding hydrogens is 419 g/mol. The summed E-state index contributed by atoms with van der Waals surface area (Å²) in [6.07, 6.45) is 4.85. The zero-order valence-corrected chi connectivity index (χ0v) is 15.3. The van der Waals surface area contributed by atoms with Crippen LogP contribution in [-0.2, 0) is 17.2 Å². The first-order valence-electron chi connectivity index (χ1n) is 7.72. The predicted molar refractivity (Wildman–Crippen MR) is 88.2 cm³/mol.